The van der Waals surface area contributed by atoms with Crippen molar-refractivity contribution in [3.8, 4) is 0 Å². The molecular formula is C6H10N4O. The van der Waals surface area contributed by atoms with Gasteiger partial charge in [-0.2, -0.15) is 0 Å². The fourth-order valence-corrected chi connectivity index (χ4v) is 0.730. The molecular weight excluding hydrogens is 144 g/mol. The molecule has 0 aliphatic heterocycles. The van der Waals surface area contributed by atoms with E-state index in [1.165, 1.54) is 6.33 Å². The number of nitrogens with zero attached hydrogens (tertiary/aromatic N) is 1. The Morgan fingerprint density at radius 1 is 1.82 bits per heavy atom. The number of ketones is 1. The minimum absolute atomic E-state index is 0.201. The first-order valence-electron chi connectivity index (χ1n) is 3.21. The van der Waals surface area contributed by atoms with E-state index in [4.69, 9.17) is 11.5 Å². The highest BCUT2D eigenvalue weighted by molar-refractivity contribution is 6.01. The summed E-state index contributed by atoms with van der Waals surface area (Å²) in [6, 6.07) is -0.544. The molecule has 0 fully saturated rings. The molecule has 5 heteroatoms. The Bertz CT molecular complexity index is 265. The van der Waals surface area contributed by atoms with Crippen molar-refractivity contribution in [3.63, 3.8) is 0 Å². The molecule has 11 heavy (non-hydrogen) atoms. The minimum atomic E-state index is -0.544. The fourth-order valence-electron chi connectivity index (χ4n) is 0.730. The summed E-state index contributed by atoms with van der Waals surface area (Å²) < 4.78 is 0. The van der Waals surface area contributed by atoms with E-state index < -0.39 is 6.04 Å². The summed E-state index contributed by atoms with van der Waals surface area (Å²) in [5.74, 6) is -0.0210. The van der Waals surface area contributed by atoms with Gasteiger partial charge in [0.25, 0.3) is 0 Å². The zero-order valence-corrected chi connectivity index (χ0v) is 6.16. The van der Waals surface area contributed by atoms with Gasteiger partial charge in [0.2, 0.25) is 0 Å². The quantitative estimate of drug-likeness (QED) is 0.501. The number of hydrogen-bond acceptors (Lipinski definition) is 4. The second-order valence-electron chi connectivity index (χ2n) is 2.32. The number of imidazole rings is 1. The van der Waals surface area contributed by atoms with Crippen LogP contribution in [0.5, 0.6) is 0 Å². The molecule has 0 aliphatic carbocycles. The van der Waals surface area contributed by atoms with Gasteiger partial charge in [0.1, 0.15) is 5.69 Å². The largest absolute Gasteiger partial charge is 0.382 e. The molecule has 1 heterocycles. The van der Waals surface area contributed by atoms with Crippen LogP contribution in [-0.2, 0) is 0 Å². The second kappa shape index (κ2) is 2.71. The van der Waals surface area contributed by atoms with Crippen LogP contribution in [0, 0.1) is 0 Å². The van der Waals surface area contributed by atoms with Gasteiger partial charge in [-0.1, -0.05) is 0 Å². The minimum Gasteiger partial charge on any atom is -0.382 e. The molecule has 0 aliphatic rings. The summed E-state index contributed by atoms with van der Waals surface area (Å²) in [4.78, 5) is 17.4. The van der Waals surface area contributed by atoms with Crippen molar-refractivity contribution in [2.75, 3.05) is 5.73 Å². The van der Waals surface area contributed by atoms with Crippen LogP contribution >= 0.6 is 0 Å². The molecule has 0 aromatic carbocycles. The SMILES string of the molecule is CC(N)C(=O)c1[nH]cnc1N. The zero-order chi connectivity index (χ0) is 8.43. The van der Waals surface area contributed by atoms with Crippen molar-refractivity contribution >= 4 is 11.6 Å². The van der Waals surface area contributed by atoms with Crippen molar-refractivity contribution in [3.05, 3.63) is 12.0 Å². The van der Waals surface area contributed by atoms with Gasteiger partial charge in [-0.15, -0.1) is 0 Å². The van der Waals surface area contributed by atoms with Gasteiger partial charge in [-0.3, -0.25) is 4.79 Å². The van der Waals surface area contributed by atoms with Crippen molar-refractivity contribution in [1.82, 2.24) is 9.97 Å². The van der Waals surface area contributed by atoms with Crippen molar-refractivity contribution in [2.45, 2.75) is 13.0 Å². The summed E-state index contributed by atoms with van der Waals surface area (Å²) >= 11 is 0. The molecule has 0 bridgehead atoms. The molecule has 1 aromatic heterocycles. The van der Waals surface area contributed by atoms with E-state index in [9.17, 15) is 4.79 Å². The highest BCUT2D eigenvalue weighted by Gasteiger charge is 2.15. The van der Waals surface area contributed by atoms with Gasteiger partial charge in [-0.05, 0) is 6.92 Å². The van der Waals surface area contributed by atoms with E-state index in [0.717, 1.165) is 0 Å². The molecule has 1 unspecified atom stereocenters. The molecule has 0 amide bonds. The Morgan fingerprint density at radius 3 is 2.82 bits per heavy atom. The molecule has 1 rings (SSSR count). The van der Waals surface area contributed by atoms with Crippen LogP contribution in [0.1, 0.15) is 17.4 Å². The van der Waals surface area contributed by atoms with Gasteiger partial charge >= 0.3 is 0 Å². The van der Waals surface area contributed by atoms with Gasteiger partial charge in [0, 0.05) is 0 Å². The normalized spacial score (nSPS) is 12.9. The van der Waals surface area contributed by atoms with Crippen LogP contribution in [-0.4, -0.2) is 21.8 Å². The first-order chi connectivity index (χ1) is 5.13. The van der Waals surface area contributed by atoms with E-state index in [-0.39, 0.29) is 11.6 Å². The molecule has 5 N–H and O–H groups in total. The average molecular weight is 154 g/mol. The molecule has 1 atom stereocenters. The molecule has 0 saturated heterocycles. The number of Topliss-reactive ketones (excluding diaryl/α,β-unsaturated/α-hetero) is 1. The second-order valence-corrected chi connectivity index (χ2v) is 2.32. The lowest BCUT2D eigenvalue weighted by atomic mass is 10.2. The maximum absolute atomic E-state index is 11.2. The highest BCUT2D eigenvalue weighted by Crippen LogP contribution is 2.05. The number of nitrogens with one attached hydrogen (secondary N) is 1. The third kappa shape index (κ3) is 1.38. The number of aromatic nitrogens is 2. The van der Waals surface area contributed by atoms with Gasteiger partial charge < -0.3 is 16.5 Å². The molecule has 60 valence electrons. The predicted octanol–water partition coefficient (Wildman–Crippen LogP) is -0.478. The number of rotatable bonds is 2. The third-order valence-electron chi connectivity index (χ3n) is 1.33. The molecule has 5 nitrogen and oxygen atoms in total. The maximum Gasteiger partial charge on any atom is 0.199 e. The molecule has 0 spiro atoms. The van der Waals surface area contributed by atoms with E-state index in [1.54, 1.807) is 6.92 Å². The van der Waals surface area contributed by atoms with Crippen LogP contribution < -0.4 is 11.5 Å². The Hall–Kier alpha value is -1.36. The van der Waals surface area contributed by atoms with E-state index >= 15 is 0 Å². The van der Waals surface area contributed by atoms with E-state index in [0.29, 0.717) is 5.69 Å². The maximum atomic E-state index is 11.2. The number of nitrogens with two attached hydrogens (primary N) is 2. The first kappa shape index (κ1) is 7.74. The number of nitrogen functional groups attached to an aromatic ring is 1. The molecule has 0 saturated carbocycles. The van der Waals surface area contributed by atoms with Gasteiger partial charge in [0.15, 0.2) is 11.6 Å². The topological polar surface area (TPSA) is 97.8 Å². The van der Waals surface area contributed by atoms with E-state index in [1.807, 2.05) is 0 Å². The van der Waals surface area contributed by atoms with Crippen LogP contribution in [0.4, 0.5) is 5.82 Å². The summed E-state index contributed by atoms with van der Waals surface area (Å²) in [6.45, 7) is 1.60. The Morgan fingerprint density at radius 2 is 2.45 bits per heavy atom. The van der Waals surface area contributed by atoms with Gasteiger partial charge in [-0.25, -0.2) is 4.98 Å². The average Bonchev–Trinajstić information content (AvgIpc) is 2.33. The summed E-state index contributed by atoms with van der Waals surface area (Å²) in [5.41, 5.74) is 11.0. The van der Waals surface area contributed by atoms with Gasteiger partial charge in [0.05, 0.1) is 12.4 Å². The summed E-state index contributed by atoms with van der Waals surface area (Å²) in [6.07, 6.45) is 1.37. The standard InChI is InChI=1S/C6H10N4O/c1-3(7)5(11)4-6(8)10-2-9-4/h2-3H,7-8H2,1H3,(H,9,10). The van der Waals surface area contributed by atoms with Crippen LogP contribution in [0.15, 0.2) is 6.33 Å². The lowest BCUT2D eigenvalue weighted by Gasteiger charge is -2.00. The summed E-state index contributed by atoms with van der Waals surface area (Å²) in [5, 5.41) is 0. The molecule has 1 aromatic rings. The van der Waals surface area contributed by atoms with Crippen molar-refractivity contribution < 1.29 is 4.79 Å². The zero-order valence-electron chi connectivity index (χ0n) is 6.16. The number of hydrogen-bond donors (Lipinski definition) is 3. The highest BCUT2D eigenvalue weighted by atomic mass is 16.1. The fraction of sp³-hybridized carbons (Fsp3) is 0.333. The predicted molar refractivity (Wildman–Crippen MR) is 41.0 cm³/mol. The molecule has 0 radical (unpaired) electrons. The van der Waals surface area contributed by atoms with Crippen molar-refractivity contribution in [2.24, 2.45) is 5.73 Å². The van der Waals surface area contributed by atoms with E-state index in [2.05, 4.69) is 9.97 Å². The van der Waals surface area contributed by atoms with Crippen LogP contribution in [0.25, 0.3) is 0 Å². The summed E-state index contributed by atoms with van der Waals surface area (Å²) in [7, 11) is 0. The number of carbonyl (C=O) groups is 1. The number of carbonyl (C=O) groups excluding carboxylic acids is 1. The lowest BCUT2D eigenvalue weighted by molar-refractivity contribution is 0.0964. The first-order valence-corrected chi connectivity index (χ1v) is 3.21. The lowest BCUT2D eigenvalue weighted by Crippen LogP contribution is -2.27. The van der Waals surface area contributed by atoms with Crippen LogP contribution in [0.2, 0.25) is 0 Å². The monoisotopic (exact) mass is 154 g/mol. The third-order valence-corrected chi connectivity index (χ3v) is 1.33. The Balaban J connectivity index is 2.93. The number of H-pyrrole nitrogens is 1. The Labute approximate surface area is 63.8 Å². The van der Waals surface area contributed by atoms with Crippen molar-refractivity contribution in [1.29, 1.82) is 0 Å². The van der Waals surface area contributed by atoms with Crippen LogP contribution in [0.3, 0.4) is 0 Å². The number of aromatic amines is 1. The smallest absolute Gasteiger partial charge is 0.199 e. The Kier molecular flexibility index (Phi) is 1.91. The number of anilines is 1.